The number of rotatable bonds is 4. The molecule has 0 radical (unpaired) electrons. The van der Waals surface area contributed by atoms with Gasteiger partial charge < -0.3 is 10.3 Å². The number of hydrogen-bond acceptors (Lipinski definition) is 3. The first-order valence-electron chi connectivity index (χ1n) is 4.60. The maximum absolute atomic E-state index is 11.4. The van der Waals surface area contributed by atoms with E-state index in [1.165, 1.54) is 6.20 Å². The molecule has 2 heterocycles. The number of imidazole rings is 1. The highest BCUT2D eigenvalue weighted by Crippen LogP contribution is 1.94. The van der Waals surface area contributed by atoms with Gasteiger partial charge in [-0.15, -0.1) is 0 Å². The fraction of sp³-hybridized carbons (Fsp3) is 0.222. The van der Waals surface area contributed by atoms with Crippen LogP contribution in [-0.2, 0) is 6.42 Å². The lowest BCUT2D eigenvalue weighted by Crippen LogP contribution is -2.25. The molecule has 0 atom stereocenters. The summed E-state index contributed by atoms with van der Waals surface area (Å²) in [5, 5.41) is 9.06. The van der Waals surface area contributed by atoms with Gasteiger partial charge in [-0.1, -0.05) is 0 Å². The van der Waals surface area contributed by atoms with Gasteiger partial charge in [-0.3, -0.25) is 9.89 Å². The molecule has 0 aromatic carbocycles. The van der Waals surface area contributed by atoms with Gasteiger partial charge in [0.25, 0.3) is 5.91 Å². The lowest BCUT2D eigenvalue weighted by Gasteiger charge is -2.01. The SMILES string of the molecule is O=C(NCCc1cnc[nH]1)c1cn[nH]c1. The van der Waals surface area contributed by atoms with Crippen LogP contribution < -0.4 is 5.32 Å². The van der Waals surface area contributed by atoms with Crippen LogP contribution in [-0.4, -0.2) is 32.6 Å². The van der Waals surface area contributed by atoms with E-state index >= 15 is 0 Å². The van der Waals surface area contributed by atoms with Gasteiger partial charge in [0, 0.05) is 31.1 Å². The van der Waals surface area contributed by atoms with E-state index in [1.807, 2.05) is 0 Å². The molecule has 2 aromatic rings. The molecule has 3 N–H and O–H groups in total. The van der Waals surface area contributed by atoms with E-state index in [4.69, 9.17) is 0 Å². The van der Waals surface area contributed by atoms with Gasteiger partial charge >= 0.3 is 0 Å². The molecule has 0 saturated heterocycles. The summed E-state index contributed by atoms with van der Waals surface area (Å²) in [5.74, 6) is -0.122. The van der Waals surface area contributed by atoms with Crippen molar-refractivity contribution in [2.24, 2.45) is 0 Å². The highest BCUT2D eigenvalue weighted by molar-refractivity contribution is 5.93. The third kappa shape index (κ3) is 2.43. The molecule has 0 spiro atoms. The second-order valence-corrected chi connectivity index (χ2v) is 3.07. The summed E-state index contributed by atoms with van der Waals surface area (Å²) < 4.78 is 0. The Morgan fingerprint density at radius 1 is 1.47 bits per heavy atom. The summed E-state index contributed by atoms with van der Waals surface area (Å²) in [5.41, 5.74) is 1.54. The Morgan fingerprint density at radius 2 is 2.40 bits per heavy atom. The Balaban J connectivity index is 1.77. The molecule has 2 rings (SSSR count). The van der Waals surface area contributed by atoms with E-state index in [2.05, 4.69) is 25.5 Å². The van der Waals surface area contributed by atoms with Crippen LogP contribution in [0, 0.1) is 0 Å². The van der Waals surface area contributed by atoms with Crippen LogP contribution in [0.25, 0.3) is 0 Å². The first-order chi connectivity index (χ1) is 7.36. The van der Waals surface area contributed by atoms with Crippen molar-refractivity contribution in [1.82, 2.24) is 25.5 Å². The molecule has 0 unspecified atom stereocenters. The smallest absolute Gasteiger partial charge is 0.254 e. The van der Waals surface area contributed by atoms with Crippen LogP contribution in [0.3, 0.4) is 0 Å². The van der Waals surface area contributed by atoms with Gasteiger partial charge in [-0.25, -0.2) is 4.98 Å². The van der Waals surface area contributed by atoms with Crippen molar-refractivity contribution in [3.63, 3.8) is 0 Å². The van der Waals surface area contributed by atoms with Crippen molar-refractivity contribution in [2.45, 2.75) is 6.42 Å². The maximum atomic E-state index is 11.4. The number of hydrogen-bond donors (Lipinski definition) is 3. The predicted molar refractivity (Wildman–Crippen MR) is 53.2 cm³/mol. The van der Waals surface area contributed by atoms with Crippen molar-refractivity contribution < 1.29 is 4.79 Å². The Morgan fingerprint density at radius 3 is 3.07 bits per heavy atom. The lowest BCUT2D eigenvalue weighted by atomic mass is 10.3. The minimum atomic E-state index is -0.122. The van der Waals surface area contributed by atoms with E-state index in [-0.39, 0.29) is 5.91 Å². The van der Waals surface area contributed by atoms with Crippen molar-refractivity contribution >= 4 is 5.91 Å². The Kier molecular flexibility index (Phi) is 2.77. The minimum Gasteiger partial charge on any atom is -0.352 e. The van der Waals surface area contributed by atoms with Crippen LogP contribution in [0.4, 0.5) is 0 Å². The summed E-state index contributed by atoms with van der Waals surface area (Å²) in [6.07, 6.45) is 7.15. The molecule has 6 nitrogen and oxygen atoms in total. The van der Waals surface area contributed by atoms with Gasteiger partial charge in [0.05, 0.1) is 18.1 Å². The average Bonchev–Trinajstić information content (AvgIpc) is 2.90. The molecule has 0 bridgehead atoms. The molecule has 2 aromatic heterocycles. The Bertz CT molecular complexity index is 406. The van der Waals surface area contributed by atoms with Gasteiger partial charge in [-0.2, -0.15) is 5.10 Å². The molecular formula is C9H11N5O. The molecule has 0 fully saturated rings. The number of carbonyl (C=O) groups excluding carboxylic acids is 1. The van der Waals surface area contributed by atoms with Crippen molar-refractivity contribution in [1.29, 1.82) is 0 Å². The first kappa shape index (κ1) is 9.45. The highest BCUT2D eigenvalue weighted by atomic mass is 16.1. The summed E-state index contributed by atoms with van der Waals surface area (Å²) >= 11 is 0. The predicted octanol–water partition coefficient (Wildman–Crippen LogP) is 0.105. The van der Waals surface area contributed by atoms with Crippen LogP contribution in [0.15, 0.2) is 24.9 Å². The zero-order valence-corrected chi connectivity index (χ0v) is 8.03. The first-order valence-corrected chi connectivity index (χ1v) is 4.60. The van der Waals surface area contributed by atoms with Crippen molar-refractivity contribution in [3.05, 3.63) is 36.2 Å². The van der Waals surface area contributed by atoms with Crippen molar-refractivity contribution in [3.8, 4) is 0 Å². The van der Waals surface area contributed by atoms with E-state index in [0.717, 1.165) is 12.1 Å². The number of aromatic amines is 2. The summed E-state index contributed by atoms with van der Waals surface area (Å²) in [6.45, 7) is 0.576. The van der Waals surface area contributed by atoms with Gasteiger partial charge in [-0.05, 0) is 0 Å². The summed E-state index contributed by atoms with van der Waals surface area (Å²) in [7, 11) is 0. The summed E-state index contributed by atoms with van der Waals surface area (Å²) in [4.78, 5) is 18.3. The third-order valence-electron chi connectivity index (χ3n) is 2.00. The molecule has 6 heteroatoms. The van der Waals surface area contributed by atoms with Crippen LogP contribution in [0.5, 0.6) is 0 Å². The molecule has 78 valence electrons. The van der Waals surface area contributed by atoms with E-state index < -0.39 is 0 Å². The molecule has 0 saturated carbocycles. The van der Waals surface area contributed by atoms with Gasteiger partial charge in [0.2, 0.25) is 0 Å². The quantitative estimate of drug-likeness (QED) is 0.661. The molecule has 0 aliphatic rings. The lowest BCUT2D eigenvalue weighted by molar-refractivity contribution is 0.0954. The number of aromatic nitrogens is 4. The fourth-order valence-electron chi connectivity index (χ4n) is 1.21. The molecule has 0 aliphatic heterocycles. The van der Waals surface area contributed by atoms with Gasteiger partial charge in [0.1, 0.15) is 0 Å². The maximum Gasteiger partial charge on any atom is 0.254 e. The highest BCUT2D eigenvalue weighted by Gasteiger charge is 2.05. The molecular weight excluding hydrogens is 194 g/mol. The molecule has 15 heavy (non-hydrogen) atoms. The molecule has 0 aliphatic carbocycles. The number of nitrogens with zero attached hydrogens (tertiary/aromatic N) is 2. The number of carbonyl (C=O) groups is 1. The topological polar surface area (TPSA) is 86.5 Å². The van der Waals surface area contributed by atoms with E-state index in [1.54, 1.807) is 18.7 Å². The van der Waals surface area contributed by atoms with Crippen molar-refractivity contribution in [2.75, 3.05) is 6.54 Å². The largest absolute Gasteiger partial charge is 0.352 e. The standard InChI is InChI=1S/C9H11N5O/c15-9(7-3-13-14-4-7)11-2-1-8-5-10-6-12-8/h3-6H,1-2H2,(H,10,12)(H,11,15)(H,13,14). The minimum absolute atomic E-state index is 0.122. The fourth-order valence-corrected chi connectivity index (χ4v) is 1.21. The van der Waals surface area contributed by atoms with Crippen LogP contribution in [0.1, 0.15) is 16.1 Å². The van der Waals surface area contributed by atoms with E-state index in [0.29, 0.717) is 12.1 Å². The van der Waals surface area contributed by atoms with E-state index in [9.17, 15) is 4.79 Å². The third-order valence-corrected chi connectivity index (χ3v) is 2.00. The second kappa shape index (κ2) is 4.41. The zero-order valence-electron chi connectivity index (χ0n) is 8.03. The normalized spacial score (nSPS) is 10.1. The number of nitrogens with one attached hydrogen (secondary N) is 3. The zero-order chi connectivity index (χ0) is 10.5. The van der Waals surface area contributed by atoms with Gasteiger partial charge in [0.15, 0.2) is 0 Å². The number of amides is 1. The van der Waals surface area contributed by atoms with Crippen LogP contribution in [0.2, 0.25) is 0 Å². The Hall–Kier alpha value is -2.11. The monoisotopic (exact) mass is 205 g/mol. The second-order valence-electron chi connectivity index (χ2n) is 3.07. The summed E-state index contributed by atoms with van der Waals surface area (Å²) in [6, 6.07) is 0. The average molecular weight is 205 g/mol. The number of H-pyrrole nitrogens is 2. The Labute approximate surface area is 86.1 Å². The molecule has 1 amide bonds. The van der Waals surface area contributed by atoms with Crippen LogP contribution >= 0.6 is 0 Å².